The number of rotatable bonds is 11. The van der Waals surface area contributed by atoms with Gasteiger partial charge in [0.15, 0.2) is 5.78 Å². The molecule has 42 heavy (non-hydrogen) atoms. The summed E-state index contributed by atoms with van der Waals surface area (Å²) in [5, 5.41) is 5.77. The fourth-order valence-corrected chi connectivity index (χ4v) is 7.09. The number of hydrogen-bond acceptors (Lipinski definition) is 6. The van der Waals surface area contributed by atoms with Crippen molar-refractivity contribution >= 4 is 29.5 Å². The van der Waals surface area contributed by atoms with Gasteiger partial charge >= 0.3 is 6.09 Å². The number of fused-ring (bicyclic) bond motifs is 2. The van der Waals surface area contributed by atoms with Gasteiger partial charge in [0.2, 0.25) is 17.6 Å². The Kier molecular flexibility index (Phi) is 8.25. The molecule has 2 N–H and O–H groups in total. The number of Topliss-reactive ketones (excluding diaryl/α,β-unsaturated/α-hetero) is 2. The molecule has 3 fully saturated rings. The Morgan fingerprint density at radius 1 is 1.00 bits per heavy atom. The van der Waals surface area contributed by atoms with Gasteiger partial charge in [-0.1, -0.05) is 64.8 Å². The molecule has 0 radical (unpaired) electrons. The molecular formula is C33H45N3O6. The predicted molar refractivity (Wildman–Crippen MR) is 156 cm³/mol. The van der Waals surface area contributed by atoms with Crippen LogP contribution < -0.4 is 10.6 Å². The summed E-state index contributed by atoms with van der Waals surface area (Å²) in [5.74, 6) is -1.56. The Morgan fingerprint density at radius 2 is 1.62 bits per heavy atom. The van der Waals surface area contributed by atoms with E-state index in [2.05, 4.69) is 24.5 Å². The number of alkyl carbamates (subject to hydrolysis) is 1. The number of ketones is 2. The predicted octanol–water partition coefficient (Wildman–Crippen LogP) is 3.47. The SMILES string of the molecule is CC(=O)C(=O)C(CC1CC1)NC(=O)[C@@H]1[C@@H]2[C@H](CN1C(=O)[C@@H](NC(=O)O[C@H](C)C(C)C)C1Cc3ccccc3C1)C2(C)C. The number of nitrogens with zero attached hydrogens (tertiary/aromatic N) is 1. The van der Waals surface area contributed by atoms with Crippen molar-refractivity contribution in [3.63, 3.8) is 0 Å². The van der Waals surface area contributed by atoms with Crippen molar-refractivity contribution in [1.29, 1.82) is 0 Å². The maximum Gasteiger partial charge on any atom is 0.408 e. The summed E-state index contributed by atoms with van der Waals surface area (Å²) in [4.78, 5) is 67.7. The van der Waals surface area contributed by atoms with Crippen LogP contribution in [0.25, 0.3) is 0 Å². The molecule has 3 amide bonds. The van der Waals surface area contributed by atoms with E-state index in [4.69, 9.17) is 4.74 Å². The van der Waals surface area contributed by atoms with Crippen LogP contribution >= 0.6 is 0 Å². The summed E-state index contributed by atoms with van der Waals surface area (Å²) in [6.07, 6.45) is 2.68. The molecule has 2 saturated carbocycles. The van der Waals surface area contributed by atoms with E-state index < -0.39 is 41.7 Å². The molecule has 228 valence electrons. The minimum Gasteiger partial charge on any atom is -0.446 e. The van der Waals surface area contributed by atoms with Crippen LogP contribution in [-0.4, -0.2) is 65.1 Å². The molecule has 9 nitrogen and oxygen atoms in total. The van der Waals surface area contributed by atoms with Gasteiger partial charge in [0.25, 0.3) is 0 Å². The van der Waals surface area contributed by atoms with Gasteiger partial charge < -0.3 is 20.3 Å². The van der Waals surface area contributed by atoms with Gasteiger partial charge in [-0.05, 0) is 72.3 Å². The van der Waals surface area contributed by atoms with Crippen LogP contribution in [0.2, 0.25) is 0 Å². The largest absolute Gasteiger partial charge is 0.446 e. The molecule has 5 rings (SSSR count). The number of hydrogen-bond donors (Lipinski definition) is 2. The fraction of sp³-hybridized carbons (Fsp3) is 0.667. The third kappa shape index (κ3) is 5.97. The first kappa shape index (κ1) is 30.2. The number of carbonyl (C=O) groups excluding carboxylic acids is 5. The monoisotopic (exact) mass is 579 g/mol. The molecule has 1 unspecified atom stereocenters. The zero-order valence-electron chi connectivity index (χ0n) is 25.6. The lowest BCUT2D eigenvalue weighted by Crippen LogP contribution is -2.59. The highest BCUT2D eigenvalue weighted by Crippen LogP contribution is 2.65. The number of amides is 3. The maximum atomic E-state index is 14.4. The first-order chi connectivity index (χ1) is 19.8. The van der Waals surface area contributed by atoms with Crippen molar-refractivity contribution in [2.24, 2.45) is 35.0 Å². The van der Waals surface area contributed by atoms with E-state index in [-0.39, 0.29) is 41.1 Å². The minimum absolute atomic E-state index is 0.0650. The van der Waals surface area contributed by atoms with Gasteiger partial charge in [0, 0.05) is 13.5 Å². The van der Waals surface area contributed by atoms with Crippen LogP contribution in [0.4, 0.5) is 4.79 Å². The second kappa shape index (κ2) is 11.5. The summed E-state index contributed by atoms with van der Waals surface area (Å²) >= 11 is 0. The Morgan fingerprint density at radius 3 is 2.17 bits per heavy atom. The zero-order valence-corrected chi connectivity index (χ0v) is 25.6. The van der Waals surface area contributed by atoms with Gasteiger partial charge in [-0.25, -0.2) is 4.79 Å². The Balaban J connectivity index is 1.39. The lowest BCUT2D eigenvalue weighted by atomic mass is 9.93. The highest BCUT2D eigenvalue weighted by molar-refractivity contribution is 6.38. The molecule has 4 aliphatic rings. The molecule has 0 aromatic heterocycles. The summed E-state index contributed by atoms with van der Waals surface area (Å²) in [6, 6.07) is 5.50. The number of nitrogens with one attached hydrogen (secondary N) is 2. The third-order valence-electron chi connectivity index (χ3n) is 10.3. The average Bonchev–Trinajstić information content (AvgIpc) is 3.68. The molecule has 0 bridgehead atoms. The third-order valence-corrected chi connectivity index (χ3v) is 10.3. The molecular weight excluding hydrogens is 534 g/mol. The molecule has 1 heterocycles. The van der Waals surface area contributed by atoms with Crippen LogP contribution in [-0.2, 0) is 36.8 Å². The van der Waals surface area contributed by atoms with Crippen molar-refractivity contribution < 1.29 is 28.7 Å². The highest BCUT2D eigenvalue weighted by Gasteiger charge is 2.69. The fourth-order valence-electron chi connectivity index (χ4n) is 7.09. The van der Waals surface area contributed by atoms with E-state index in [0.717, 1.165) is 24.0 Å². The standard InChI is InChI=1S/C33H45N3O6/c1-17(2)19(4)42-32(41)35-27(23-14-21-9-7-8-10-22(21)15-23)31(40)36-16-24-26(33(24,5)6)28(36)30(39)34-25(13-20-11-12-20)29(38)18(3)37/h7-10,17,19-20,23-28H,11-16H2,1-6H3,(H,34,39)(H,35,41)/t19-,24+,25?,26+,27+,28+/m1/s1. The van der Waals surface area contributed by atoms with Crippen molar-refractivity contribution in [1.82, 2.24) is 15.5 Å². The highest BCUT2D eigenvalue weighted by atomic mass is 16.6. The van der Waals surface area contributed by atoms with Crippen molar-refractivity contribution in [2.75, 3.05) is 6.54 Å². The van der Waals surface area contributed by atoms with E-state index in [1.807, 2.05) is 45.0 Å². The Bertz CT molecular complexity index is 1240. The number of ether oxygens (including phenoxy) is 1. The van der Waals surface area contributed by atoms with Gasteiger partial charge in [-0.2, -0.15) is 0 Å². The summed E-state index contributed by atoms with van der Waals surface area (Å²) in [6.45, 7) is 11.6. The normalized spacial score (nSPS) is 26.1. The lowest BCUT2D eigenvalue weighted by molar-refractivity contribution is -0.144. The average molecular weight is 580 g/mol. The van der Waals surface area contributed by atoms with Crippen LogP contribution in [0.1, 0.15) is 71.9 Å². The van der Waals surface area contributed by atoms with Crippen molar-refractivity contribution in [2.45, 2.75) is 97.9 Å². The van der Waals surface area contributed by atoms with Gasteiger partial charge in [-0.3, -0.25) is 19.2 Å². The second-order valence-corrected chi connectivity index (χ2v) is 14.0. The number of piperidine rings is 1. The molecule has 6 atom stereocenters. The molecule has 9 heteroatoms. The van der Waals surface area contributed by atoms with Crippen LogP contribution in [0.15, 0.2) is 24.3 Å². The second-order valence-electron chi connectivity index (χ2n) is 14.0. The quantitative estimate of drug-likeness (QED) is 0.387. The molecule has 1 saturated heterocycles. The van der Waals surface area contributed by atoms with Crippen LogP contribution in [0, 0.1) is 35.0 Å². The number of carbonyl (C=O) groups is 5. The summed E-state index contributed by atoms with van der Waals surface area (Å²) in [7, 11) is 0. The van der Waals surface area contributed by atoms with E-state index in [0.29, 0.717) is 31.7 Å². The smallest absolute Gasteiger partial charge is 0.408 e. The van der Waals surface area contributed by atoms with E-state index in [1.165, 1.54) is 6.92 Å². The molecule has 3 aliphatic carbocycles. The van der Waals surface area contributed by atoms with E-state index in [1.54, 1.807) is 4.90 Å². The van der Waals surface area contributed by atoms with Crippen LogP contribution in [0.3, 0.4) is 0 Å². The summed E-state index contributed by atoms with van der Waals surface area (Å²) in [5.41, 5.74) is 2.17. The minimum atomic E-state index is -0.883. The zero-order chi connectivity index (χ0) is 30.5. The molecule has 0 spiro atoms. The molecule has 1 aromatic rings. The number of likely N-dealkylation sites (tertiary alicyclic amines) is 1. The van der Waals surface area contributed by atoms with Gasteiger partial charge in [-0.15, -0.1) is 0 Å². The van der Waals surface area contributed by atoms with E-state index in [9.17, 15) is 24.0 Å². The Labute approximate surface area is 248 Å². The molecule has 1 aliphatic heterocycles. The van der Waals surface area contributed by atoms with Crippen LogP contribution in [0.5, 0.6) is 0 Å². The van der Waals surface area contributed by atoms with E-state index >= 15 is 0 Å². The van der Waals surface area contributed by atoms with Gasteiger partial charge in [0.05, 0.1) is 6.04 Å². The lowest BCUT2D eigenvalue weighted by Gasteiger charge is -2.35. The van der Waals surface area contributed by atoms with Gasteiger partial charge in [0.1, 0.15) is 18.2 Å². The Hall–Kier alpha value is -3.23. The molecule has 1 aromatic carbocycles. The summed E-state index contributed by atoms with van der Waals surface area (Å²) < 4.78 is 5.60. The maximum absolute atomic E-state index is 14.4. The van der Waals surface area contributed by atoms with Crippen molar-refractivity contribution in [3.8, 4) is 0 Å². The number of benzene rings is 1. The van der Waals surface area contributed by atoms with Crippen molar-refractivity contribution in [3.05, 3.63) is 35.4 Å². The topological polar surface area (TPSA) is 122 Å². The first-order valence-corrected chi connectivity index (χ1v) is 15.5. The first-order valence-electron chi connectivity index (χ1n) is 15.5.